The lowest BCUT2D eigenvalue weighted by Crippen LogP contribution is -2.56. The zero-order valence-corrected chi connectivity index (χ0v) is 9.80. The highest BCUT2D eigenvalue weighted by atomic mass is 28.2. The lowest BCUT2D eigenvalue weighted by Gasteiger charge is -2.41. The third kappa shape index (κ3) is 2.43. The van der Waals surface area contributed by atoms with Gasteiger partial charge in [-0.25, -0.2) is 0 Å². The molecule has 0 aromatic heterocycles. The molecule has 0 aromatic carbocycles. The molecular formula is C8H20N2Si. The van der Waals surface area contributed by atoms with E-state index in [0.717, 1.165) is 0 Å². The van der Waals surface area contributed by atoms with Crippen LogP contribution in [0.4, 0.5) is 0 Å². The lowest BCUT2D eigenvalue weighted by molar-refractivity contribution is 0.101. The van der Waals surface area contributed by atoms with E-state index in [1.54, 1.807) is 0 Å². The SMILES string of the molecule is C=C[SiH2]C(C)(N(C)C)N(C)C. The molecule has 11 heavy (non-hydrogen) atoms. The first-order chi connectivity index (χ1) is 4.95. The predicted octanol–water partition coefficient (Wildman–Crippen LogP) is 0.0956. The van der Waals surface area contributed by atoms with E-state index in [0.29, 0.717) is 0 Å². The molecule has 0 amide bonds. The van der Waals surface area contributed by atoms with E-state index in [-0.39, 0.29) is 14.8 Å². The third-order valence-electron chi connectivity index (χ3n) is 2.46. The van der Waals surface area contributed by atoms with Crippen LogP contribution in [0.3, 0.4) is 0 Å². The summed E-state index contributed by atoms with van der Waals surface area (Å²) in [5, 5.41) is 0.238. The molecule has 0 fully saturated rings. The number of hydrogen-bond donors (Lipinski definition) is 0. The van der Waals surface area contributed by atoms with Gasteiger partial charge in [0.2, 0.25) is 0 Å². The highest BCUT2D eigenvalue weighted by Crippen LogP contribution is 2.11. The van der Waals surface area contributed by atoms with Crippen molar-refractivity contribution in [1.82, 2.24) is 9.80 Å². The van der Waals surface area contributed by atoms with Crippen LogP contribution in [0.1, 0.15) is 6.92 Å². The monoisotopic (exact) mass is 172 g/mol. The zero-order chi connectivity index (χ0) is 9.07. The molecule has 0 aliphatic heterocycles. The minimum Gasteiger partial charge on any atom is -0.295 e. The van der Waals surface area contributed by atoms with Crippen LogP contribution in [0.2, 0.25) is 0 Å². The van der Waals surface area contributed by atoms with E-state index in [9.17, 15) is 0 Å². The summed E-state index contributed by atoms with van der Waals surface area (Å²) in [5.74, 6) is 0. The Morgan fingerprint density at radius 2 is 1.55 bits per heavy atom. The van der Waals surface area contributed by atoms with E-state index in [4.69, 9.17) is 0 Å². The summed E-state index contributed by atoms with van der Waals surface area (Å²) in [6.45, 7) is 6.08. The average molecular weight is 172 g/mol. The lowest BCUT2D eigenvalue weighted by atomic mass is 10.4. The number of rotatable bonds is 4. The average Bonchev–Trinajstić information content (AvgIpc) is 1.87. The molecular weight excluding hydrogens is 152 g/mol. The molecule has 3 heteroatoms. The molecule has 0 atom stereocenters. The van der Waals surface area contributed by atoms with E-state index >= 15 is 0 Å². The molecule has 0 aromatic rings. The first-order valence-corrected chi connectivity index (χ1v) is 5.43. The fourth-order valence-corrected chi connectivity index (χ4v) is 2.32. The molecule has 0 bridgehead atoms. The minimum atomic E-state index is -0.240. The summed E-state index contributed by atoms with van der Waals surface area (Å²) < 4.78 is 0. The van der Waals surface area contributed by atoms with Crippen molar-refractivity contribution in [1.29, 1.82) is 0 Å². The Labute approximate surface area is 72.7 Å². The Morgan fingerprint density at radius 1 is 1.18 bits per heavy atom. The molecule has 2 nitrogen and oxygen atoms in total. The van der Waals surface area contributed by atoms with Crippen molar-refractivity contribution in [2.75, 3.05) is 28.2 Å². The van der Waals surface area contributed by atoms with Gasteiger partial charge in [-0.15, -0.1) is 12.3 Å². The van der Waals surface area contributed by atoms with Gasteiger partial charge in [0.05, 0.1) is 14.8 Å². The largest absolute Gasteiger partial charge is 0.295 e. The molecule has 0 saturated heterocycles. The maximum Gasteiger partial charge on any atom is 0.0860 e. The van der Waals surface area contributed by atoms with Crippen molar-refractivity contribution in [3.05, 3.63) is 12.3 Å². The molecule has 0 heterocycles. The zero-order valence-electron chi connectivity index (χ0n) is 8.39. The van der Waals surface area contributed by atoms with Crippen molar-refractivity contribution in [3.8, 4) is 0 Å². The molecule has 0 radical (unpaired) electrons. The van der Waals surface area contributed by atoms with Gasteiger partial charge in [0, 0.05) is 0 Å². The van der Waals surface area contributed by atoms with Crippen molar-refractivity contribution in [2.24, 2.45) is 0 Å². The second-order valence-electron chi connectivity index (χ2n) is 3.50. The predicted molar refractivity (Wildman–Crippen MR) is 54.5 cm³/mol. The Hall–Kier alpha value is -0.123. The topological polar surface area (TPSA) is 6.48 Å². The first-order valence-electron chi connectivity index (χ1n) is 3.91. The molecule has 0 rings (SSSR count). The molecule has 66 valence electrons. The highest BCUT2D eigenvalue weighted by Gasteiger charge is 2.27. The van der Waals surface area contributed by atoms with E-state index in [1.165, 1.54) is 0 Å². The maximum atomic E-state index is 3.82. The van der Waals surface area contributed by atoms with Gasteiger partial charge < -0.3 is 0 Å². The van der Waals surface area contributed by atoms with Crippen LogP contribution in [-0.4, -0.2) is 52.8 Å². The van der Waals surface area contributed by atoms with Gasteiger partial charge in [-0.3, -0.25) is 9.80 Å². The second kappa shape index (κ2) is 4.04. The third-order valence-corrected chi connectivity index (χ3v) is 4.78. The molecule has 0 saturated carbocycles. The van der Waals surface area contributed by atoms with E-state index in [1.807, 2.05) is 0 Å². The standard InChI is InChI=1S/C8H20N2Si/c1-7-11-8(2,9(3)4)10(5)6/h7H,1,11H2,2-6H3. The van der Waals surface area contributed by atoms with Gasteiger partial charge in [0.1, 0.15) is 0 Å². The summed E-state index contributed by atoms with van der Waals surface area (Å²) in [7, 11) is 8.25. The quantitative estimate of drug-likeness (QED) is 0.438. The number of nitrogens with zero attached hydrogens (tertiary/aromatic N) is 2. The summed E-state index contributed by atoms with van der Waals surface area (Å²) in [5.41, 5.74) is 2.10. The fraction of sp³-hybridized carbons (Fsp3) is 0.750. The maximum absolute atomic E-state index is 3.82. The van der Waals surface area contributed by atoms with Crippen molar-refractivity contribution >= 4 is 9.52 Å². The van der Waals surface area contributed by atoms with Crippen LogP contribution >= 0.6 is 0 Å². The van der Waals surface area contributed by atoms with Gasteiger partial charge in [0.15, 0.2) is 0 Å². The van der Waals surface area contributed by atoms with Gasteiger partial charge in [-0.2, -0.15) is 0 Å². The highest BCUT2D eigenvalue weighted by molar-refractivity contribution is 6.45. The van der Waals surface area contributed by atoms with E-state index in [2.05, 4.69) is 57.2 Å². The molecule has 0 aliphatic rings. The molecule has 0 spiro atoms. The van der Waals surface area contributed by atoms with Crippen molar-refractivity contribution in [2.45, 2.75) is 12.2 Å². The smallest absolute Gasteiger partial charge is 0.0860 e. The van der Waals surface area contributed by atoms with Crippen LogP contribution in [0.25, 0.3) is 0 Å². The minimum absolute atomic E-state index is 0.238. The van der Waals surface area contributed by atoms with Crippen molar-refractivity contribution in [3.63, 3.8) is 0 Å². The molecule has 0 unspecified atom stereocenters. The summed E-state index contributed by atoms with van der Waals surface area (Å²) >= 11 is 0. The molecule has 0 aliphatic carbocycles. The molecule has 0 N–H and O–H groups in total. The van der Waals surface area contributed by atoms with Crippen LogP contribution in [0, 0.1) is 0 Å². The van der Waals surface area contributed by atoms with Gasteiger partial charge in [0.25, 0.3) is 0 Å². The fourth-order valence-electron chi connectivity index (χ4n) is 1.04. The summed E-state index contributed by atoms with van der Waals surface area (Å²) in [6.07, 6.45) is 0. The normalized spacial score (nSPS) is 13.7. The van der Waals surface area contributed by atoms with Crippen LogP contribution in [0.5, 0.6) is 0 Å². The van der Waals surface area contributed by atoms with Crippen molar-refractivity contribution < 1.29 is 0 Å². The van der Waals surface area contributed by atoms with Gasteiger partial charge >= 0.3 is 0 Å². The van der Waals surface area contributed by atoms with Crippen LogP contribution in [0.15, 0.2) is 12.3 Å². The summed E-state index contributed by atoms with van der Waals surface area (Å²) in [4.78, 5) is 4.53. The van der Waals surface area contributed by atoms with Gasteiger partial charge in [-0.1, -0.05) is 0 Å². The Balaban J connectivity index is 4.37. The van der Waals surface area contributed by atoms with E-state index < -0.39 is 0 Å². The number of hydrogen-bond acceptors (Lipinski definition) is 2. The first kappa shape index (κ1) is 10.9. The van der Waals surface area contributed by atoms with Gasteiger partial charge in [-0.05, 0) is 35.1 Å². The Kier molecular flexibility index (Phi) is 4.00. The Bertz CT molecular complexity index is 124. The second-order valence-corrected chi connectivity index (χ2v) is 5.82. The van der Waals surface area contributed by atoms with Crippen LogP contribution in [-0.2, 0) is 0 Å². The Morgan fingerprint density at radius 3 is 1.64 bits per heavy atom. The van der Waals surface area contributed by atoms with Crippen LogP contribution < -0.4 is 0 Å². The summed E-state index contributed by atoms with van der Waals surface area (Å²) in [6, 6.07) is 0.